The maximum atomic E-state index is 11.7. The molecule has 1 heterocycles. The molecule has 2 amide bonds. The van der Waals surface area contributed by atoms with Gasteiger partial charge in [0.2, 0.25) is 11.8 Å². The second-order valence-corrected chi connectivity index (χ2v) is 6.23. The predicted molar refractivity (Wildman–Crippen MR) is 89.2 cm³/mol. The standard InChI is InChI=1S/C16H17ClN2O2S/c17-13-5-3-12(4-6-13)10-15(20)18-7-8-19-16(21)11-14-2-1-9-22-14/h1-6,9H,7-8,10-11H2,(H,18,20)(H,19,21). The lowest BCUT2D eigenvalue weighted by Gasteiger charge is -2.07. The number of benzene rings is 1. The van der Waals surface area contributed by atoms with Gasteiger partial charge in [-0.05, 0) is 29.1 Å². The van der Waals surface area contributed by atoms with Gasteiger partial charge in [0.05, 0.1) is 12.8 Å². The van der Waals surface area contributed by atoms with Crippen molar-refractivity contribution >= 4 is 34.8 Å². The molecule has 1 aromatic carbocycles. The highest BCUT2D eigenvalue weighted by Crippen LogP contribution is 2.10. The molecule has 0 saturated carbocycles. The third-order valence-electron chi connectivity index (χ3n) is 2.96. The van der Waals surface area contributed by atoms with Gasteiger partial charge >= 0.3 is 0 Å². The van der Waals surface area contributed by atoms with Gasteiger partial charge in [-0.2, -0.15) is 0 Å². The van der Waals surface area contributed by atoms with Gasteiger partial charge in [-0.1, -0.05) is 29.8 Å². The van der Waals surface area contributed by atoms with E-state index in [4.69, 9.17) is 11.6 Å². The highest BCUT2D eigenvalue weighted by molar-refractivity contribution is 7.10. The molecule has 0 saturated heterocycles. The van der Waals surface area contributed by atoms with Crippen LogP contribution in [0.15, 0.2) is 41.8 Å². The topological polar surface area (TPSA) is 58.2 Å². The fourth-order valence-corrected chi connectivity index (χ4v) is 2.72. The van der Waals surface area contributed by atoms with Gasteiger partial charge < -0.3 is 10.6 Å². The summed E-state index contributed by atoms with van der Waals surface area (Å²) in [7, 11) is 0. The van der Waals surface area contributed by atoms with Crippen LogP contribution in [0.4, 0.5) is 0 Å². The lowest BCUT2D eigenvalue weighted by atomic mass is 10.1. The fourth-order valence-electron chi connectivity index (χ4n) is 1.89. The van der Waals surface area contributed by atoms with Crippen LogP contribution in [0.3, 0.4) is 0 Å². The molecule has 116 valence electrons. The monoisotopic (exact) mass is 336 g/mol. The Kier molecular flexibility index (Phi) is 6.43. The molecule has 0 radical (unpaired) electrons. The van der Waals surface area contributed by atoms with E-state index < -0.39 is 0 Å². The van der Waals surface area contributed by atoms with Crippen molar-refractivity contribution in [3.63, 3.8) is 0 Å². The van der Waals surface area contributed by atoms with Crippen LogP contribution in [0.2, 0.25) is 5.02 Å². The van der Waals surface area contributed by atoms with E-state index in [1.807, 2.05) is 29.6 Å². The number of thiophene rings is 1. The van der Waals surface area contributed by atoms with E-state index in [0.29, 0.717) is 31.0 Å². The summed E-state index contributed by atoms with van der Waals surface area (Å²) < 4.78 is 0. The van der Waals surface area contributed by atoms with Crippen molar-refractivity contribution in [3.05, 3.63) is 57.2 Å². The van der Waals surface area contributed by atoms with Crippen molar-refractivity contribution in [3.8, 4) is 0 Å². The molecule has 0 atom stereocenters. The number of amides is 2. The van der Waals surface area contributed by atoms with E-state index >= 15 is 0 Å². The number of carbonyl (C=O) groups excluding carboxylic acids is 2. The third kappa shape index (κ3) is 5.87. The molecule has 0 aliphatic heterocycles. The van der Waals surface area contributed by atoms with Gasteiger partial charge in [0.1, 0.15) is 0 Å². The van der Waals surface area contributed by atoms with Crippen molar-refractivity contribution in [2.24, 2.45) is 0 Å². The summed E-state index contributed by atoms with van der Waals surface area (Å²) in [6.07, 6.45) is 0.691. The summed E-state index contributed by atoms with van der Waals surface area (Å²) in [5.74, 6) is -0.107. The maximum Gasteiger partial charge on any atom is 0.225 e. The Morgan fingerprint density at radius 1 is 0.955 bits per heavy atom. The minimum Gasteiger partial charge on any atom is -0.354 e. The SMILES string of the molecule is O=C(Cc1ccc(Cl)cc1)NCCNC(=O)Cc1cccs1. The van der Waals surface area contributed by atoms with Crippen LogP contribution in [-0.4, -0.2) is 24.9 Å². The Labute approximate surface area is 138 Å². The first-order chi connectivity index (χ1) is 10.6. The minimum atomic E-state index is -0.0742. The lowest BCUT2D eigenvalue weighted by molar-refractivity contribution is -0.122. The number of hydrogen-bond acceptors (Lipinski definition) is 3. The van der Waals surface area contributed by atoms with Gasteiger partial charge in [-0.15, -0.1) is 11.3 Å². The smallest absolute Gasteiger partial charge is 0.225 e. The normalized spacial score (nSPS) is 10.2. The largest absolute Gasteiger partial charge is 0.354 e. The summed E-state index contributed by atoms with van der Waals surface area (Å²) in [6, 6.07) is 11.0. The van der Waals surface area contributed by atoms with Crippen molar-refractivity contribution in [1.29, 1.82) is 0 Å². The second-order valence-electron chi connectivity index (χ2n) is 4.76. The number of hydrogen-bond donors (Lipinski definition) is 2. The van der Waals surface area contributed by atoms with Crippen molar-refractivity contribution in [1.82, 2.24) is 10.6 Å². The molecular formula is C16H17ClN2O2S. The Balaban J connectivity index is 1.60. The molecular weight excluding hydrogens is 320 g/mol. The van der Waals surface area contributed by atoms with Crippen LogP contribution in [0, 0.1) is 0 Å². The van der Waals surface area contributed by atoms with Gasteiger partial charge in [0.25, 0.3) is 0 Å². The molecule has 0 aliphatic carbocycles. The Morgan fingerprint density at radius 3 is 2.18 bits per heavy atom. The van der Waals surface area contributed by atoms with Gasteiger partial charge in [-0.25, -0.2) is 0 Å². The van der Waals surface area contributed by atoms with Crippen molar-refractivity contribution < 1.29 is 9.59 Å². The number of nitrogens with one attached hydrogen (secondary N) is 2. The predicted octanol–water partition coefficient (Wildman–Crippen LogP) is 2.42. The molecule has 0 aliphatic rings. The van der Waals surface area contributed by atoms with E-state index in [1.54, 1.807) is 23.5 Å². The molecule has 22 heavy (non-hydrogen) atoms. The molecule has 0 bridgehead atoms. The molecule has 0 fully saturated rings. The zero-order valence-electron chi connectivity index (χ0n) is 12.0. The fraction of sp³-hybridized carbons (Fsp3) is 0.250. The third-order valence-corrected chi connectivity index (χ3v) is 4.09. The average molecular weight is 337 g/mol. The van der Waals surface area contributed by atoms with Crippen LogP contribution in [0.25, 0.3) is 0 Å². The average Bonchev–Trinajstić information content (AvgIpc) is 2.99. The van der Waals surface area contributed by atoms with Crippen LogP contribution in [-0.2, 0) is 22.4 Å². The summed E-state index contributed by atoms with van der Waals surface area (Å²) in [5, 5.41) is 8.15. The first kappa shape index (κ1) is 16.5. The highest BCUT2D eigenvalue weighted by Gasteiger charge is 2.05. The number of halogens is 1. The Bertz CT molecular complexity index is 612. The molecule has 6 heteroatoms. The van der Waals surface area contributed by atoms with E-state index in [0.717, 1.165) is 10.4 Å². The maximum absolute atomic E-state index is 11.7. The van der Waals surface area contributed by atoms with Crippen molar-refractivity contribution in [2.75, 3.05) is 13.1 Å². The first-order valence-corrected chi connectivity index (χ1v) is 8.19. The van der Waals surface area contributed by atoms with E-state index in [-0.39, 0.29) is 11.8 Å². The van der Waals surface area contributed by atoms with Crippen LogP contribution < -0.4 is 10.6 Å². The highest BCUT2D eigenvalue weighted by atomic mass is 35.5. The van der Waals surface area contributed by atoms with Crippen molar-refractivity contribution in [2.45, 2.75) is 12.8 Å². The van der Waals surface area contributed by atoms with Gasteiger partial charge in [0.15, 0.2) is 0 Å². The zero-order chi connectivity index (χ0) is 15.8. The molecule has 0 spiro atoms. The molecule has 2 N–H and O–H groups in total. The molecule has 4 nitrogen and oxygen atoms in total. The van der Waals surface area contributed by atoms with Crippen LogP contribution in [0.5, 0.6) is 0 Å². The Hall–Kier alpha value is -1.85. The van der Waals surface area contributed by atoms with Crippen LogP contribution >= 0.6 is 22.9 Å². The number of rotatable bonds is 7. The van der Waals surface area contributed by atoms with Crippen LogP contribution in [0.1, 0.15) is 10.4 Å². The number of carbonyl (C=O) groups is 2. The summed E-state index contributed by atoms with van der Waals surface area (Å²) in [4.78, 5) is 24.4. The van der Waals surface area contributed by atoms with Gasteiger partial charge in [0, 0.05) is 23.0 Å². The summed E-state index contributed by atoms with van der Waals surface area (Å²) in [5.41, 5.74) is 0.906. The Morgan fingerprint density at radius 2 is 1.59 bits per heavy atom. The molecule has 1 aromatic heterocycles. The molecule has 0 unspecified atom stereocenters. The van der Waals surface area contributed by atoms with Gasteiger partial charge in [-0.3, -0.25) is 9.59 Å². The lowest BCUT2D eigenvalue weighted by Crippen LogP contribution is -2.35. The van der Waals surface area contributed by atoms with E-state index in [2.05, 4.69) is 10.6 Å². The first-order valence-electron chi connectivity index (χ1n) is 6.94. The quantitative estimate of drug-likeness (QED) is 0.763. The van der Waals surface area contributed by atoms with E-state index in [9.17, 15) is 9.59 Å². The zero-order valence-corrected chi connectivity index (χ0v) is 13.5. The summed E-state index contributed by atoms with van der Waals surface area (Å²) >= 11 is 7.35. The second kappa shape index (κ2) is 8.56. The minimum absolute atomic E-state index is 0.0330. The summed E-state index contributed by atoms with van der Waals surface area (Å²) in [6.45, 7) is 0.846. The molecule has 2 rings (SSSR count). The molecule has 2 aromatic rings. The van der Waals surface area contributed by atoms with E-state index in [1.165, 1.54) is 0 Å².